The molecule has 29 heavy (non-hydrogen) atoms. The van der Waals surface area contributed by atoms with E-state index in [-0.39, 0.29) is 12.7 Å². The van der Waals surface area contributed by atoms with Crippen LogP contribution in [0.15, 0.2) is 54.6 Å². The predicted molar refractivity (Wildman–Crippen MR) is 113 cm³/mol. The summed E-state index contributed by atoms with van der Waals surface area (Å²) in [5.74, 6) is 0.402. The number of benzene rings is 2. The van der Waals surface area contributed by atoms with Crippen LogP contribution in [0.25, 0.3) is 11.1 Å². The summed E-state index contributed by atoms with van der Waals surface area (Å²) in [6.45, 7) is 6.17. The number of esters is 2. The lowest BCUT2D eigenvalue weighted by molar-refractivity contribution is -0.159. The van der Waals surface area contributed by atoms with Crippen molar-refractivity contribution in [2.24, 2.45) is 17.8 Å². The van der Waals surface area contributed by atoms with Crippen LogP contribution in [0.3, 0.4) is 0 Å². The van der Waals surface area contributed by atoms with Gasteiger partial charge in [-0.2, -0.15) is 0 Å². The van der Waals surface area contributed by atoms with Crippen LogP contribution in [0, 0.1) is 17.8 Å². The van der Waals surface area contributed by atoms with Crippen LogP contribution < -0.4 is 0 Å². The van der Waals surface area contributed by atoms with Crippen molar-refractivity contribution in [3.63, 3.8) is 0 Å². The topological polar surface area (TPSA) is 52.6 Å². The summed E-state index contributed by atoms with van der Waals surface area (Å²) in [6, 6.07) is 17.1. The SMILES string of the molecule is CC(C)[C@H]1CC[C@@H](C)C[C@H]1OC(=O)COC(=O)c1ccc(-c2ccccc2)cc1. The Morgan fingerprint density at radius 2 is 1.62 bits per heavy atom. The van der Waals surface area contributed by atoms with Gasteiger partial charge in [-0.05, 0) is 53.9 Å². The van der Waals surface area contributed by atoms with Gasteiger partial charge in [0.1, 0.15) is 6.10 Å². The maximum atomic E-state index is 12.3. The van der Waals surface area contributed by atoms with Crippen LogP contribution in [0.1, 0.15) is 50.4 Å². The van der Waals surface area contributed by atoms with Gasteiger partial charge in [0.25, 0.3) is 0 Å². The predicted octanol–water partition coefficient (Wildman–Crippen LogP) is 5.51. The Hall–Kier alpha value is -2.62. The first-order valence-electron chi connectivity index (χ1n) is 10.5. The van der Waals surface area contributed by atoms with E-state index in [0.29, 0.717) is 23.3 Å². The smallest absolute Gasteiger partial charge is 0.344 e. The normalized spacial score (nSPS) is 21.6. The Morgan fingerprint density at radius 3 is 2.28 bits per heavy atom. The third-order valence-corrected chi connectivity index (χ3v) is 5.79. The highest BCUT2D eigenvalue weighted by Crippen LogP contribution is 2.35. The van der Waals surface area contributed by atoms with Crippen molar-refractivity contribution in [3.05, 3.63) is 60.2 Å². The first-order valence-corrected chi connectivity index (χ1v) is 10.5. The number of carbonyl (C=O) groups excluding carboxylic acids is 2. The molecule has 0 amide bonds. The van der Waals surface area contributed by atoms with E-state index in [1.807, 2.05) is 42.5 Å². The molecule has 3 atom stereocenters. The van der Waals surface area contributed by atoms with Crippen molar-refractivity contribution in [1.29, 1.82) is 0 Å². The van der Waals surface area contributed by atoms with Gasteiger partial charge in [0, 0.05) is 0 Å². The minimum atomic E-state index is -0.515. The van der Waals surface area contributed by atoms with Crippen molar-refractivity contribution in [3.8, 4) is 11.1 Å². The zero-order chi connectivity index (χ0) is 20.8. The van der Waals surface area contributed by atoms with E-state index in [4.69, 9.17) is 9.47 Å². The monoisotopic (exact) mass is 394 g/mol. The van der Waals surface area contributed by atoms with Crippen LogP contribution in [-0.4, -0.2) is 24.6 Å². The van der Waals surface area contributed by atoms with Crippen LogP contribution in [0.4, 0.5) is 0 Å². The zero-order valence-corrected chi connectivity index (χ0v) is 17.5. The second-order valence-electron chi connectivity index (χ2n) is 8.37. The molecule has 154 valence electrons. The summed E-state index contributed by atoms with van der Waals surface area (Å²) >= 11 is 0. The lowest BCUT2D eigenvalue weighted by Crippen LogP contribution is -2.36. The number of hydrogen-bond acceptors (Lipinski definition) is 4. The molecule has 4 heteroatoms. The average molecular weight is 395 g/mol. The molecule has 0 unspecified atom stereocenters. The number of hydrogen-bond donors (Lipinski definition) is 0. The van der Waals surface area contributed by atoms with Crippen LogP contribution in [0.2, 0.25) is 0 Å². The molecule has 0 saturated heterocycles. The van der Waals surface area contributed by atoms with Crippen molar-refractivity contribution in [1.82, 2.24) is 0 Å². The molecule has 2 aromatic carbocycles. The van der Waals surface area contributed by atoms with E-state index in [2.05, 4.69) is 20.8 Å². The van der Waals surface area contributed by atoms with Crippen LogP contribution in [-0.2, 0) is 14.3 Å². The maximum Gasteiger partial charge on any atom is 0.344 e. The number of rotatable bonds is 6. The molecular weight excluding hydrogens is 364 g/mol. The highest BCUT2D eigenvalue weighted by atomic mass is 16.6. The quantitative estimate of drug-likeness (QED) is 0.606. The van der Waals surface area contributed by atoms with Gasteiger partial charge in [0.05, 0.1) is 5.56 Å². The zero-order valence-electron chi connectivity index (χ0n) is 17.5. The van der Waals surface area contributed by atoms with Gasteiger partial charge in [-0.15, -0.1) is 0 Å². The molecule has 0 heterocycles. The Kier molecular flexibility index (Phi) is 7.08. The fourth-order valence-corrected chi connectivity index (χ4v) is 4.09. The van der Waals surface area contributed by atoms with Crippen molar-refractivity contribution in [2.75, 3.05) is 6.61 Å². The first-order chi connectivity index (χ1) is 13.9. The lowest BCUT2D eigenvalue weighted by Gasteiger charge is -2.36. The molecule has 2 aromatic rings. The molecule has 3 rings (SSSR count). The molecule has 0 aromatic heterocycles. The third-order valence-electron chi connectivity index (χ3n) is 5.79. The Morgan fingerprint density at radius 1 is 0.966 bits per heavy atom. The molecular formula is C25H30O4. The molecule has 1 saturated carbocycles. The Balaban J connectivity index is 1.52. The number of ether oxygens (including phenoxy) is 2. The molecule has 0 spiro atoms. The summed E-state index contributed by atoms with van der Waals surface area (Å²) in [7, 11) is 0. The highest BCUT2D eigenvalue weighted by Gasteiger charge is 2.33. The summed E-state index contributed by atoms with van der Waals surface area (Å²) in [5.41, 5.74) is 2.52. The fraction of sp³-hybridized carbons (Fsp3) is 0.440. The molecule has 4 nitrogen and oxygen atoms in total. The van der Waals surface area contributed by atoms with E-state index in [9.17, 15) is 9.59 Å². The van der Waals surface area contributed by atoms with E-state index in [0.717, 1.165) is 24.0 Å². The summed E-state index contributed by atoms with van der Waals surface area (Å²) in [5, 5.41) is 0. The fourth-order valence-electron chi connectivity index (χ4n) is 4.09. The third kappa shape index (κ3) is 5.69. The van der Waals surface area contributed by atoms with Gasteiger partial charge < -0.3 is 9.47 Å². The molecule has 1 aliphatic rings. The maximum absolute atomic E-state index is 12.3. The van der Waals surface area contributed by atoms with E-state index >= 15 is 0 Å². The van der Waals surface area contributed by atoms with Crippen LogP contribution in [0.5, 0.6) is 0 Å². The first kappa shape index (κ1) is 21.1. The van der Waals surface area contributed by atoms with Gasteiger partial charge in [0.2, 0.25) is 0 Å². The van der Waals surface area contributed by atoms with Crippen LogP contribution >= 0.6 is 0 Å². The van der Waals surface area contributed by atoms with Gasteiger partial charge in [-0.1, -0.05) is 69.7 Å². The molecule has 0 bridgehead atoms. The minimum Gasteiger partial charge on any atom is -0.460 e. The number of carbonyl (C=O) groups is 2. The molecule has 1 aliphatic carbocycles. The molecule has 0 aliphatic heterocycles. The van der Waals surface area contributed by atoms with E-state index in [1.165, 1.54) is 6.42 Å². The van der Waals surface area contributed by atoms with Gasteiger partial charge in [-0.3, -0.25) is 0 Å². The van der Waals surface area contributed by atoms with E-state index in [1.54, 1.807) is 12.1 Å². The minimum absolute atomic E-state index is 0.0879. The molecule has 1 fully saturated rings. The lowest BCUT2D eigenvalue weighted by atomic mass is 9.75. The summed E-state index contributed by atoms with van der Waals surface area (Å²) < 4.78 is 10.9. The summed E-state index contributed by atoms with van der Waals surface area (Å²) in [6.07, 6.45) is 3.04. The second kappa shape index (κ2) is 9.73. The molecule has 0 N–H and O–H groups in total. The van der Waals surface area contributed by atoms with Gasteiger partial charge in [0.15, 0.2) is 6.61 Å². The molecule has 0 radical (unpaired) electrons. The van der Waals surface area contributed by atoms with Crippen molar-refractivity contribution < 1.29 is 19.1 Å². The Bertz CT molecular complexity index is 810. The van der Waals surface area contributed by atoms with E-state index < -0.39 is 11.9 Å². The summed E-state index contributed by atoms with van der Waals surface area (Å²) in [4.78, 5) is 24.5. The second-order valence-corrected chi connectivity index (χ2v) is 8.37. The van der Waals surface area contributed by atoms with Crippen molar-refractivity contribution >= 4 is 11.9 Å². The van der Waals surface area contributed by atoms with Gasteiger partial charge >= 0.3 is 11.9 Å². The largest absolute Gasteiger partial charge is 0.460 e. The van der Waals surface area contributed by atoms with Crippen molar-refractivity contribution in [2.45, 2.75) is 46.1 Å². The average Bonchev–Trinajstić information content (AvgIpc) is 2.72. The van der Waals surface area contributed by atoms with Gasteiger partial charge in [-0.25, -0.2) is 9.59 Å². The Labute approximate surface area is 173 Å². The highest BCUT2D eigenvalue weighted by molar-refractivity contribution is 5.91. The standard InChI is InChI=1S/C25H30O4/c1-17(2)22-14-9-18(3)15-23(22)29-24(26)16-28-25(27)21-12-10-20(11-13-21)19-7-5-4-6-8-19/h4-8,10-13,17-18,22-23H,9,14-16H2,1-3H3/t18-,22-,23-/m1/s1.